The van der Waals surface area contributed by atoms with Crippen LogP contribution < -0.4 is 5.32 Å². The molecular weight excluding hydrogens is 332 g/mol. The van der Waals surface area contributed by atoms with Crippen molar-refractivity contribution in [1.82, 2.24) is 20.3 Å². The summed E-state index contributed by atoms with van der Waals surface area (Å²) >= 11 is 0. The van der Waals surface area contributed by atoms with Crippen molar-refractivity contribution in [3.05, 3.63) is 77.1 Å². The zero-order chi connectivity index (χ0) is 18.5. The van der Waals surface area contributed by atoms with Crippen molar-refractivity contribution in [1.29, 1.82) is 0 Å². The summed E-state index contributed by atoms with van der Waals surface area (Å²) < 4.78 is 4.66. The lowest BCUT2D eigenvalue weighted by atomic mass is 10.1. The van der Waals surface area contributed by atoms with E-state index in [1.54, 1.807) is 31.2 Å². The Bertz CT molecular complexity index is 918. The van der Waals surface area contributed by atoms with Crippen LogP contribution >= 0.6 is 0 Å². The molecule has 7 nitrogen and oxygen atoms in total. The van der Waals surface area contributed by atoms with E-state index in [4.69, 9.17) is 0 Å². The second kappa shape index (κ2) is 7.60. The predicted octanol–water partition coefficient (Wildman–Crippen LogP) is 2.29. The number of aryl methyl sites for hydroxylation is 1. The van der Waals surface area contributed by atoms with Crippen molar-refractivity contribution in [3.8, 4) is 5.69 Å². The van der Waals surface area contributed by atoms with Gasteiger partial charge in [-0.15, -0.1) is 5.10 Å². The number of rotatable bonds is 5. The molecular formula is C19H18N4O3. The molecule has 0 bridgehead atoms. The first kappa shape index (κ1) is 17.3. The summed E-state index contributed by atoms with van der Waals surface area (Å²) in [7, 11) is 1.33. The van der Waals surface area contributed by atoms with Crippen LogP contribution in [-0.2, 0) is 11.3 Å². The zero-order valence-electron chi connectivity index (χ0n) is 14.5. The number of amides is 1. The Labute approximate surface area is 150 Å². The minimum absolute atomic E-state index is 0.278. The van der Waals surface area contributed by atoms with Crippen LogP contribution in [0.15, 0.2) is 54.6 Å². The smallest absolute Gasteiger partial charge is 0.337 e. The molecule has 1 heterocycles. The molecule has 0 fully saturated rings. The third-order valence-corrected chi connectivity index (χ3v) is 3.81. The number of methoxy groups -OCH3 is 1. The molecule has 1 N–H and O–H groups in total. The van der Waals surface area contributed by atoms with Crippen molar-refractivity contribution in [3.63, 3.8) is 0 Å². The van der Waals surface area contributed by atoms with E-state index in [1.807, 2.05) is 30.3 Å². The standard InChI is InChI=1S/C19H18N4O3/c1-13-17(22-23(21-13)16-6-4-3-5-7-16)18(24)20-12-14-8-10-15(11-9-14)19(25)26-2/h3-11H,12H2,1-2H3,(H,20,24). The second-order valence-electron chi connectivity index (χ2n) is 5.63. The van der Waals surface area contributed by atoms with Gasteiger partial charge < -0.3 is 10.1 Å². The molecule has 3 aromatic rings. The molecule has 2 aromatic carbocycles. The van der Waals surface area contributed by atoms with E-state index in [0.717, 1.165) is 11.3 Å². The molecule has 0 saturated heterocycles. The van der Waals surface area contributed by atoms with Gasteiger partial charge in [-0.3, -0.25) is 4.79 Å². The van der Waals surface area contributed by atoms with Gasteiger partial charge in [-0.1, -0.05) is 30.3 Å². The lowest BCUT2D eigenvalue weighted by Crippen LogP contribution is -2.24. The van der Waals surface area contributed by atoms with E-state index in [1.165, 1.54) is 11.9 Å². The molecule has 0 aliphatic carbocycles. The molecule has 7 heteroatoms. The Kier molecular flexibility index (Phi) is 5.07. The highest BCUT2D eigenvalue weighted by Crippen LogP contribution is 2.09. The van der Waals surface area contributed by atoms with Gasteiger partial charge in [0.15, 0.2) is 5.69 Å². The summed E-state index contributed by atoms with van der Waals surface area (Å²) in [6.07, 6.45) is 0. The number of nitrogens with zero attached hydrogens (tertiary/aromatic N) is 3. The number of carbonyl (C=O) groups excluding carboxylic acids is 2. The number of para-hydroxylation sites is 1. The fourth-order valence-electron chi connectivity index (χ4n) is 2.41. The van der Waals surface area contributed by atoms with Crippen LogP contribution in [0.2, 0.25) is 0 Å². The van der Waals surface area contributed by atoms with Crippen molar-refractivity contribution in [2.75, 3.05) is 7.11 Å². The summed E-state index contributed by atoms with van der Waals surface area (Å²) in [6, 6.07) is 16.2. The lowest BCUT2D eigenvalue weighted by Gasteiger charge is -2.05. The number of hydrogen-bond acceptors (Lipinski definition) is 5. The second-order valence-corrected chi connectivity index (χ2v) is 5.63. The summed E-state index contributed by atoms with van der Waals surface area (Å²) in [6.45, 7) is 2.06. The quantitative estimate of drug-likeness (QED) is 0.714. The average molecular weight is 350 g/mol. The minimum atomic E-state index is -0.395. The van der Waals surface area contributed by atoms with Crippen LogP contribution in [0.4, 0.5) is 0 Å². The summed E-state index contributed by atoms with van der Waals surface area (Å²) in [5.41, 5.74) is 2.93. The number of carbonyl (C=O) groups is 2. The van der Waals surface area contributed by atoms with Gasteiger partial charge >= 0.3 is 5.97 Å². The van der Waals surface area contributed by atoms with Crippen molar-refractivity contribution >= 4 is 11.9 Å². The monoisotopic (exact) mass is 350 g/mol. The van der Waals surface area contributed by atoms with E-state index in [2.05, 4.69) is 20.3 Å². The number of aromatic nitrogens is 3. The maximum absolute atomic E-state index is 12.4. The molecule has 1 aromatic heterocycles. The first-order valence-electron chi connectivity index (χ1n) is 8.03. The van der Waals surface area contributed by atoms with Gasteiger partial charge in [0.25, 0.3) is 5.91 Å². The van der Waals surface area contributed by atoms with Crippen LogP contribution in [0, 0.1) is 6.92 Å². The SMILES string of the molecule is COC(=O)c1ccc(CNC(=O)c2nn(-c3ccccc3)nc2C)cc1. The van der Waals surface area contributed by atoms with Gasteiger partial charge in [0, 0.05) is 6.54 Å². The summed E-state index contributed by atoms with van der Waals surface area (Å²) in [5, 5.41) is 11.4. The largest absolute Gasteiger partial charge is 0.465 e. The molecule has 132 valence electrons. The van der Waals surface area contributed by atoms with Crippen LogP contribution in [0.1, 0.15) is 32.1 Å². The number of nitrogens with one attached hydrogen (secondary N) is 1. The molecule has 26 heavy (non-hydrogen) atoms. The van der Waals surface area contributed by atoms with Crippen LogP contribution in [0.3, 0.4) is 0 Å². The zero-order valence-corrected chi connectivity index (χ0v) is 14.5. The highest BCUT2D eigenvalue weighted by Gasteiger charge is 2.16. The molecule has 0 aliphatic heterocycles. The van der Waals surface area contributed by atoms with Crippen molar-refractivity contribution < 1.29 is 14.3 Å². The van der Waals surface area contributed by atoms with Gasteiger partial charge in [0.05, 0.1) is 24.1 Å². The molecule has 0 unspecified atom stereocenters. The van der Waals surface area contributed by atoms with Gasteiger partial charge in [0.2, 0.25) is 0 Å². The minimum Gasteiger partial charge on any atom is -0.465 e. The first-order chi connectivity index (χ1) is 12.6. The molecule has 3 rings (SSSR count). The number of ether oxygens (including phenoxy) is 1. The van der Waals surface area contributed by atoms with Crippen LogP contribution in [0.5, 0.6) is 0 Å². The number of esters is 1. The predicted molar refractivity (Wildman–Crippen MR) is 95.0 cm³/mol. The molecule has 0 aliphatic rings. The topological polar surface area (TPSA) is 86.1 Å². The van der Waals surface area contributed by atoms with Gasteiger partial charge in [-0.05, 0) is 36.8 Å². The van der Waals surface area contributed by atoms with Gasteiger partial charge in [-0.25, -0.2) is 4.79 Å². The Morgan fingerprint density at radius 1 is 1.04 bits per heavy atom. The Hall–Kier alpha value is -3.48. The van der Waals surface area contributed by atoms with Gasteiger partial charge in [-0.2, -0.15) is 9.90 Å². The highest BCUT2D eigenvalue weighted by molar-refractivity contribution is 5.93. The third-order valence-electron chi connectivity index (χ3n) is 3.81. The molecule has 0 atom stereocenters. The number of benzene rings is 2. The summed E-state index contributed by atoms with van der Waals surface area (Å²) in [4.78, 5) is 25.3. The Balaban J connectivity index is 1.67. The number of hydrogen-bond donors (Lipinski definition) is 1. The maximum Gasteiger partial charge on any atom is 0.337 e. The van der Waals surface area contributed by atoms with E-state index in [0.29, 0.717) is 17.8 Å². The average Bonchev–Trinajstić information content (AvgIpc) is 3.08. The Morgan fingerprint density at radius 2 is 1.73 bits per heavy atom. The van der Waals surface area contributed by atoms with Gasteiger partial charge in [0.1, 0.15) is 0 Å². The van der Waals surface area contributed by atoms with E-state index in [9.17, 15) is 9.59 Å². The molecule has 0 spiro atoms. The highest BCUT2D eigenvalue weighted by atomic mass is 16.5. The molecule has 1 amide bonds. The van der Waals surface area contributed by atoms with E-state index in [-0.39, 0.29) is 11.6 Å². The fraction of sp³-hybridized carbons (Fsp3) is 0.158. The van der Waals surface area contributed by atoms with Crippen molar-refractivity contribution in [2.45, 2.75) is 13.5 Å². The lowest BCUT2D eigenvalue weighted by molar-refractivity contribution is 0.0600. The first-order valence-corrected chi connectivity index (χ1v) is 8.03. The van der Waals surface area contributed by atoms with Crippen LogP contribution in [-0.4, -0.2) is 34.0 Å². The maximum atomic E-state index is 12.4. The van der Waals surface area contributed by atoms with Crippen molar-refractivity contribution in [2.24, 2.45) is 0 Å². The third kappa shape index (κ3) is 3.77. The van der Waals surface area contributed by atoms with Crippen LogP contribution in [0.25, 0.3) is 5.69 Å². The Morgan fingerprint density at radius 3 is 2.38 bits per heavy atom. The van der Waals surface area contributed by atoms with E-state index >= 15 is 0 Å². The summed E-state index contributed by atoms with van der Waals surface area (Å²) in [5.74, 6) is -0.699. The normalized spacial score (nSPS) is 10.4. The molecule has 0 saturated carbocycles. The fourth-order valence-corrected chi connectivity index (χ4v) is 2.41. The van der Waals surface area contributed by atoms with E-state index < -0.39 is 5.97 Å². The molecule has 0 radical (unpaired) electrons.